The van der Waals surface area contributed by atoms with Gasteiger partial charge in [0.05, 0.1) is 11.3 Å². The van der Waals surface area contributed by atoms with Crippen LogP contribution in [-0.4, -0.2) is 27.8 Å². The lowest BCUT2D eigenvalue weighted by Crippen LogP contribution is -2.24. The van der Waals surface area contributed by atoms with Crippen molar-refractivity contribution in [1.82, 2.24) is 15.5 Å². The summed E-state index contributed by atoms with van der Waals surface area (Å²) in [6.45, 7) is 0.406. The van der Waals surface area contributed by atoms with E-state index in [-0.39, 0.29) is 23.0 Å². The first kappa shape index (κ1) is 20.8. The van der Waals surface area contributed by atoms with E-state index in [0.29, 0.717) is 16.6 Å². The quantitative estimate of drug-likeness (QED) is 0.555. The molecule has 0 saturated carbocycles. The van der Waals surface area contributed by atoms with Gasteiger partial charge in [-0.05, 0) is 42.0 Å². The van der Waals surface area contributed by atoms with Gasteiger partial charge in [-0.25, -0.2) is 4.39 Å². The second-order valence-corrected chi connectivity index (χ2v) is 7.31. The summed E-state index contributed by atoms with van der Waals surface area (Å²) < 4.78 is 13.6. The summed E-state index contributed by atoms with van der Waals surface area (Å²) in [6, 6.07) is 16.0. The fourth-order valence-corrected chi connectivity index (χ4v) is 3.06. The highest BCUT2D eigenvalue weighted by Gasteiger charge is 2.12. The topological polar surface area (TPSA) is 84.0 Å². The Bertz CT molecular complexity index is 1000. The first-order chi connectivity index (χ1) is 14.0. The minimum Gasteiger partial charge on any atom is -0.351 e. The maximum Gasteiger partial charge on any atom is 0.259 e. The number of benzene rings is 2. The Labute approximate surface area is 175 Å². The van der Waals surface area contributed by atoms with Gasteiger partial charge in [-0.15, -0.1) is 10.2 Å². The number of nitrogens with zero attached hydrogens (tertiary/aromatic N) is 2. The Hall–Kier alpha value is -2.97. The molecule has 0 aliphatic heterocycles. The predicted molar refractivity (Wildman–Crippen MR) is 110 cm³/mol. The average molecular weight is 431 g/mol. The molecule has 0 fully saturated rings. The number of carbonyl (C=O) groups excluding carboxylic acids is 2. The van der Waals surface area contributed by atoms with Gasteiger partial charge in [0.1, 0.15) is 10.8 Å². The molecule has 0 spiro atoms. The second-order valence-electron chi connectivity index (χ2n) is 5.88. The summed E-state index contributed by atoms with van der Waals surface area (Å²) in [5, 5.41) is 14.3. The molecule has 1 aromatic heterocycles. The number of carbonyl (C=O) groups is 2. The monoisotopic (exact) mass is 430 g/mol. The van der Waals surface area contributed by atoms with E-state index >= 15 is 0 Å². The van der Waals surface area contributed by atoms with E-state index < -0.39 is 11.7 Å². The van der Waals surface area contributed by atoms with Crippen LogP contribution in [0.1, 0.15) is 15.9 Å². The van der Waals surface area contributed by atoms with E-state index in [2.05, 4.69) is 20.8 Å². The van der Waals surface area contributed by atoms with Gasteiger partial charge in [-0.1, -0.05) is 47.6 Å². The van der Waals surface area contributed by atoms with Gasteiger partial charge in [0, 0.05) is 11.6 Å². The van der Waals surface area contributed by atoms with E-state index in [4.69, 9.17) is 11.6 Å². The number of nitrogens with one attached hydrogen (secondary N) is 2. The molecule has 2 N–H and O–H groups in total. The molecule has 3 aromatic rings. The number of hydrogen-bond donors (Lipinski definition) is 2. The van der Waals surface area contributed by atoms with Crippen LogP contribution >= 0.6 is 23.4 Å². The fraction of sp³-hybridized carbons (Fsp3) is 0.100. The molecule has 0 radical (unpaired) electrons. The largest absolute Gasteiger partial charge is 0.351 e. The standard InChI is InChI=1S/C20H16ClFN4O2S/c21-14-7-5-13(6-8-14)11-23-18(27)12-29-19-10-9-17(25-26-19)24-20(28)15-3-1-2-4-16(15)22/h1-10H,11-12H2,(H,23,27)(H,24,25,28). The molecular weight excluding hydrogens is 415 g/mol. The lowest BCUT2D eigenvalue weighted by Gasteiger charge is -2.06. The zero-order chi connectivity index (χ0) is 20.6. The Morgan fingerprint density at radius 3 is 2.45 bits per heavy atom. The zero-order valence-corrected chi connectivity index (χ0v) is 16.6. The smallest absolute Gasteiger partial charge is 0.259 e. The highest BCUT2D eigenvalue weighted by Crippen LogP contribution is 2.16. The maximum atomic E-state index is 13.6. The third-order valence-corrected chi connectivity index (χ3v) is 4.93. The van der Waals surface area contributed by atoms with Crippen molar-refractivity contribution in [2.45, 2.75) is 11.6 Å². The van der Waals surface area contributed by atoms with Crippen LogP contribution in [0.3, 0.4) is 0 Å². The fourth-order valence-electron chi connectivity index (χ4n) is 2.29. The van der Waals surface area contributed by atoms with Crippen molar-refractivity contribution in [3.05, 3.63) is 82.6 Å². The van der Waals surface area contributed by atoms with Crippen molar-refractivity contribution >= 4 is 41.0 Å². The summed E-state index contributed by atoms with van der Waals surface area (Å²) >= 11 is 7.04. The number of amides is 2. The van der Waals surface area contributed by atoms with Gasteiger partial charge in [0.25, 0.3) is 5.91 Å². The first-order valence-electron chi connectivity index (χ1n) is 8.55. The zero-order valence-electron chi connectivity index (χ0n) is 15.1. The van der Waals surface area contributed by atoms with Crippen molar-refractivity contribution in [3.63, 3.8) is 0 Å². The van der Waals surface area contributed by atoms with Crippen LogP contribution in [0.15, 0.2) is 65.7 Å². The van der Waals surface area contributed by atoms with Gasteiger partial charge < -0.3 is 10.6 Å². The van der Waals surface area contributed by atoms with E-state index in [1.54, 1.807) is 30.3 Å². The van der Waals surface area contributed by atoms with E-state index in [1.807, 2.05) is 12.1 Å². The number of hydrogen-bond acceptors (Lipinski definition) is 5. The van der Waals surface area contributed by atoms with Crippen molar-refractivity contribution < 1.29 is 14.0 Å². The Morgan fingerprint density at radius 2 is 1.76 bits per heavy atom. The minimum atomic E-state index is -0.616. The SMILES string of the molecule is O=C(CSc1ccc(NC(=O)c2ccccc2F)nn1)NCc1ccc(Cl)cc1. The molecule has 2 amide bonds. The molecule has 0 aliphatic carbocycles. The third kappa shape index (κ3) is 6.27. The van der Waals surface area contributed by atoms with Crippen LogP contribution in [0.2, 0.25) is 5.02 Å². The van der Waals surface area contributed by atoms with Crippen molar-refractivity contribution in [1.29, 1.82) is 0 Å². The minimum absolute atomic E-state index is 0.0786. The van der Waals surface area contributed by atoms with Gasteiger partial charge >= 0.3 is 0 Å². The molecular formula is C20H16ClFN4O2S. The second kappa shape index (κ2) is 9.99. The van der Waals surface area contributed by atoms with Gasteiger partial charge in [0.15, 0.2) is 5.82 Å². The van der Waals surface area contributed by atoms with Crippen LogP contribution < -0.4 is 10.6 Å². The van der Waals surface area contributed by atoms with E-state index in [9.17, 15) is 14.0 Å². The average Bonchev–Trinajstić information content (AvgIpc) is 2.73. The number of thioether (sulfide) groups is 1. The molecule has 0 aliphatic rings. The molecule has 0 atom stereocenters. The molecule has 0 bridgehead atoms. The molecule has 3 rings (SSSR count). The lowest BCUT2D eigenvalue weighted by atomic mass is 10.2. The van der Waals surface area contributed by atoms with Gasteiger partial charge in [-0.2, -0.15) is 0 Å². The molecule has 1 heterocycles. The number of aromatic nitrogens is 2. The number of rotatable bonds is 7. The summed E-state index contributed by atoms with van der Waals surface area (Å²) in [5.41, 5.74) is 0.868. The summed E-state index contributed by atoms with van der Waals surface area (Å²) in [5.74, 6) is -1.02. The Kier molecular flexibility index (Phi) is 7.15. The van der Waals surface area contributed by atoms with E-state index in [0.717, 1.165) is 5.56 Å². The van der Waals surface area contributed by atoms with Crippen molar-refractivity contribution in [2.75, 3.05) is 11.1 Å². The summed E-state index contributed by atoms with van der Waals surface area (Å²) in [7, 11) is 0. The first-order valence-corrected chi connectivity index (χ1v) is 9.91. The number of halogens is 2. The molecule has 0 saturated heterocycles. The van der Waals surface area contributed by atoms with Crippen LogP contribution in [-0.2, 0) is 11.3 Å². The highest BCUT2D eigenvalue weighted by atomic mass is 35.5. The lowest BCUT2D eigenvalue weighted by molar-refractivity contribution is -0.118. The molecule has 0 unspecified atom stereocenters. The van der Waals surface area contributed by atoms with Crippen LogP contribution in [0, 0.1) is 5.82 Å². The van der Waals surface area contributed by atoms with Crippen LogP contribution in [0.4, 0.5) is 10.2 Å². The Morgan fingerprint density at radius 1 is 1.00 bits per heavy atom. The molecule has 148 valence electrons. The Balaban J connectivity index is 1.46. The van der Waals surface area contributed by atoms with Crippen LogP contribution in [0.5, 0.6) is 0 Å². The van der Waals surface area contributed by atoms with Crippen molar-refractivity contribution in [3.8, 4) is 0 Å². The maximum absolute atomic E-state index is 13.6. The third-order valence-electron chi connectivity index (χ3n) is 3.75. The van der Waals surface area contributed by atoms with Crippen LogP contribution in [0.25, 0.3) is 0 Å². The predicted octanol–water partition coefficient (Wildman–Crippen LogP) is 3.93. The molecule has 2 aromatic carbocycles. The summed E-state index contributed by atoms with van der Waals surface area (Å²) in [6.07, 6.45) is 0. The molecule has 9 heteroatoms. The number of anilines is 1. The normalized spacial score (nSPS) is 10.4. The molecule has 6 nitrogen and oxygen atoms in total. The van der Waals surface area contributed by atoms with Crippen molar-refractivity contribution in [2.24, 2.45) is 0 Å². The van der Waals surface area contributed by atoms with E-state index in [1.165, 1.54) is 30.0 Å². The highest BCUT2D eigenvalue weighted by molar-refractivity contribution is 7.99. The van der Waals surface area contributed by atoms with Gasteiger partial charge in [0.2, 0.25) is 5.91 Å². The van der Waals surface area contributed by atoms with Gasteiger partial charge in [-0.3, -0.25) is 9.59 Å². The molecule has 29 heavy (non-hydrogen) atoms. The summed E-state index contributed by atoms with van der Waals surface area (Å²) in [4.78, 5) is 24.0.